The second-order valence-corrected chi connectivity index (χ2v) is 5.49. The van der Waals surface area contributed by atoms with Gasteiger partial charge in [-0.05, 0) is 35.4 Å². The van der Waals surface area contributed by atoms with Crippen LogP contribution in [0.5, 0.6) is 0 Å². The van der Waals surface area contributed by atoms with Crippen LogP contribution in [0.25, 0.3) is 0 Å². The third kappa shape index (κ3) is 3.71. The summed E-state index contributed by atoms with van der Waals surface area (Å²) in [5, 5.41) is 11.6. The molecule has 2 aromatic carbocycles. The van der Waals surface area contributed by atoms with Crippen molar-refractivity contribution in [3.8, 4) is 6.07 Å². The van der Waals surface area contributed by atoms with E-state index in [-0.39, 0.29) is 5.91 Å². The number of amides is 1. The molecule has 1 aromatic heterocycles. The molecule has 0 fully saturated rings. The van der Waals surface area contributed by atoms with Crippen LogP contribution in [0.3, 0.4) is 0 Å². The maximum Gasteiger partial charge on any atom is 0.272 e. The molecule has 1 amide bonds. The molecule has 0 aliphatic carbocycles. The summed E-state index contributed by atoms with van der Waals surface area (Å²) < 4.78 is 1.93. The van der Waals surface area contributed by atoms with Gasteiger partial charge in [-0.25, -0.2) is 0 Å². The Morgan fingerprint density at radius 2 is 1.71 bits per heavy atom. The minimum Gasteiger partial charge on any atom is -0.339 e. The molecule has 0 atom stereocenters. The lowest BCUT2D eigenvalue weighted by Gasteiger charge is -2.10. The summed E-state index contributed by atoms with van der Waals surface area (Å²) >= 11 is 0. The molecular weight excluding hydrogens is 298 g/mol. The first-order valence-electron chi connectivity index (χ1n) is 7.72. The number of nitrogens with one attached hydrogen (secondary N) is 1. The highest BCUT2D eigenvalue weighted by Crippen LogP contribution is 2.13. The Kier molecular flexibility index (Phi) is 4.73. The van der Waals surface area contributed by atoms with Gasteiger partial charge in [0, 0.05) is 18.4 Å². The number of carbonyl (C=O) groups is 1. The van der Waals surface area contributed by atoms with Crippen molar-refractivity contribution in [2.75, 3.05) is 5.32 Å². The molecule has 1 N–H and O–H groups in total. The van der Waals surface area contributed by atoms with Gasteiger partial charge in [-0.2, -0.15) is 5.26 Å². The Morgan fingerprint density at radius 1 is 0.958 bits per heavy atom. The molecule has 0 radical (unpaired) electrons. The molecule has 3 aromatic rings. The number of rotatable bonds is 5. The van der Waals surface area contributed by atoms with Crippen LogP contribution < -0.4 is 5.32 Å². The Balaban J connectivity index is 1.72. The number of hydrogen-bond acceptors (Lipinski definition) is 2. The average molecular weight is 315 g/mol. The predicted octanol–water partition coefficient (Wildman–Crippen LogP) is 3.85. The lowest BCUT2D eigenvalue weighted by molar-refractivity contribution is 0.101. The number of nitriles is 1. The number of anilines is 1. The molecule has 0 saturated carbocycles. The number of aromatic nitrogens is 1. The van der Waals surface area contributed by atoms with Crippen LogP contribution in [0.4, 0.5) is 5.69 Å². The van der Waals surface area contributed by atoms with Gasteiger partial charge in [0.1, 0.15) is 5.69 Å². The highest BCUT2D eigenvalue weighted by molar-refractivity contribution is 6.03. The highest BCUT2D eigenvalue weighted by Gasteiger charge is 2.11. The van der Waals surface area contributed by atoms with E-state index in [0.717, 1.165) is 11.1 Å². The van der Waals surface area contributed by atoms with Crippen molar-refractivity contribution in [3.05, 3.63) is 89.7 Å². The van der Waals surface area contributed by atoms with Crippen LogP contribution in [0.2, 0.25) is 0 Å². The van der Waals surface area contributed by atoms with E-state index in [0.29, 0.717) is 24.3 Å². The van der Waals surface area contributed by atoms with E-state index in [1.165, 1.54) is 0 Å². The molecular formula is C20H17N3O. The van der Waals surface area contributed by atoms with Gasteiger partial charge in [0.15, 0.2) is 0 Å². The smallest absolute Gasteiger partial charge is 0.272 e. The van der Waals surface area contributed by atoms with Crippen molar-refractivity contribution in [1.82, 2.24) is 4.57 Å². The average Bonchev–Trinajstić information content (AvgIpc) is 3.06. The van der Waals surface area contributed by atoms with Gasteiger partial charge in [-0.3, -0.25) is 4.79 Å². The topological polar surface area (TPSA) is 57.8 Å². The normalized spacial score (nSPS) is 10.1. The van der Waals surface area contributed by atoms with Crippen molar-refractivity contribution >= 4 is 11.6 Å². The Bertz CT molecular complexity index is 858. The summed E-state index contributed by atoms with van der Waals surface area (Å²) in [6, 6.07) is 23.1. The summed E-state index contributed by atoms with van der Waals surface area (Å²) in [4.78, 5) is 12.5. The minimum atomic E-state index is -0.149. The van der Waals surface area contributed by atoms with Crippen molar-refractivity contribution < 1.29 is 4.79 Å². The van der Waals surface area contributed by atoms with Gasteiger partial charge in [-0.1, -0.05) is 42.5 Å². The summed E-state index contributed by atoms with van der Waals surface area (Å²) in [6.45, 7) is 0.650. The zero-order valence-electron chi connectivity index (χ0n) is 13.1. The number of nitrogens with zero attached hydrogens (tertiary/aromatic N) is 2. The molecule has 118 valence electrons. The molecule has 0 aliphatic heterocycles. The van der Waals surface area contributed by atoms with Crippen molar-refractivity contribution in [3.63, 3.8) is 0 Å². The van der Waals surface area contributed by atoms with Crippen LogP contribution in [-0.4, -0.2) is 10.5 Å². The van der Waals surface area contributed by atoms with E-state index in [9.17, 15) is 4.79 Å². The van der Waals surface area contributed by atoms with Crippen LogP contribution in [0, 0.1) is 11.3 Å². The lowest BCUT2D eigenvalue weighted by Crippen LogP contribution is -2.17. The molecule has 4 heteroatoms. The van der Waals surface area contributed by atoms with E-state index in [4.69, 9.17) is 5.26 Å². The number of hydrogen-bond donors (Lipinski definition) is 1. The van der Waals surface area contributed by atoms with E-state index in [1.54, 1.807) is 0 Å². The quantitative estimate of drug-likeness (QED) is 0.777. The Labute approximate surface area is 141 Å². The van der Waals surface area contributed by atoms with E-state index in [2.05, 4.69) is 11.4 Å². The monoisotopic (exact) mass is 315 g/mol. The summed E-state index contributed by atoms with van der Waals surface area (Å²) in [5.74, 6) is -0.149. The predicted molar refractivity (Wildman–Crippen MR) is 93.7 cm³/mol. The summed E-state index contributed by atoms with van der Waals surface area (Å²) in [5.41, 5.74) is 3.40. The second-order valence-electron chi connectivity index (χ2n) is 5.49. The second kappa shape index (κ2) is 7.30. The molecule has 24 heavy (non-hydrogen) atoms. The van der Waals surface area contributed by atoms with Gasteiger partial charge in [0.05, 0.1) is 12.5 Å². The minimum absolute atomic E-state index is 0.149. The van der Waals surface area contributed by atoms with Crippen molar-refractivity contribution in [1.29, 1.82) is 5.26 Å². The summed E-state index contributed by atoms with van der Waals surface area (Å²) in [7, 11) is 0. The van der Waals surface area contributed by atoms with Crippen molar-refractivity contribution in [2.24, 2.45) is 0 Å². The van der Waals surface area contributed by atoms with Gasteiger partial charge in [0.25, 0.3) is 5.91 Å². The third-order valence-corrected chi connectivity index (χ3v) is 3.75. The van der Waals surface area contributed by atoms with Gasteiger partial charge < -0.3 is 9.88 Å². The maximum absolute atomic E-state index is 12.5. The standard InChI is InChI=1S/C20H17N3O/c21-13-12-16-8-10-18(11-9-16)22-20(24)19-7-4-14-23(19)15-17-5-2-1-3-6-17/h1-11,14H,12,15H2,(H,22,24). The molecule has 0 unspecified atom stereocenters. The molecule has 3 rings (SSSR count). The molecule has 4 nitrogen and oxygen atoms in total. The zero-order valence-corrected chi connectivity index (χ0v) is 13.1. The Morgan fingerprint density at radius 3 is 2.42 bits per heavy atom. The number of carbonyl (C=O) groups excluding carboxylic acids is 1. The van der Waals surface area contributed by atoms with Crippen LogP contribution in [0.15, 0.2) is 72.9 Å². The molecule has 0 saturated heterocycles. The molecule has 0 bridgehead atoms. The first-order chi connectivity index (χ1) is 11.8. The largest absolute Gasteiger partial charge is 0.339 e. The van der Waals surface area contributed by atoms with E-state index >= 15 is 0 Å². The highest BCUT2D eigenvalue weighted by atomic mass is 16.1. The number of benzene rings is 2. The lowest BCUT2D eigenvalue weighted by atomic mass is 10.1. The SMILES string of the molecule is N#CCc1ccc(NC(=O)c2cccn2Cc2ccccc2)cc1. The van der Waals surface area contributed by atoms with Crippen molar-refractivity contribution in [2.45, 2.75) is 13.0 Å². The first-order valence-corrected chi connectivity index (χ1v) is 7.72. The van der Waals surface area contributed by atoms with Crippen LogP contribution in [-0.2, 0) is 13.0 Å². The molecule has 0 aliphatic rings. The first kappa shape index (κ1) is 15.6. The van der Waals surface area contributed by atoms with E-state index in [1.807, 2.05) is 77.5 Å². The fourth-order valence-corrected chi connectivity index (χ4v) is 2.53. The van der Waals surface area contributed by atoms with Gasteiger partial charge in [-0.15, -0.1) is 0 Å². The fraction of sp³-hybridized carbons (Fsp3) is 0.100. The molecule has 1 heterocycles. The van der Waals surface area contributed by atoms with Crippen LogP contribution in [0.1, 0.15) is 21.6 Å². The Hall–Kier alpha value is -3.32. The van der Waals surface area contributed by atoms with Gasteiger partial charge in [0.2, 0.25) is 0 Å². The molecule has 0 spiro atoms. The zero-order chi connectivity index (χ0) is 16.8. The maximum atomic E-state index is 12.5. The van der Waals surface area contributed by atoms with E-state index < -0.39 is 0 Å². The van der Waals surface area contributed by atoms with Crippen LogP contribution >= 0.6 is 0 Å². The third-order valence-electron chi connectivity index (χ3n) is 3.75. The van der Waals surface area contributed by atoms with Gasteiger partial charge >= 0.3 is 0 Å². The fourth-order valence-electron chi connectivity index (χ4n) is 2.53. The summed E-state index contributed by atoms with van der Waals surface area (Å²) in [6.07, 6.45) is 2.27.